The first-order chi connectivity index (χ1) is 7.99. The molecule has 0 bridgehead atoms. The van der Waals surface area contributed by atoms with Crippen molar-refractivity contribution in [3.8, 4) is 0 Å². The van der Waals surface area contributed by atoms with Gasteiger partial charge >= 0.3 is 0 Å². The molecule has 0 saturated heterocycles. The predicted octanol–water partition coefficient (Wildman–Crippen LogP) is -1.29. The smallest absolute Gasteiger partial charge is 0.280 e. The van der Waals surface area contributed by atoms with Crippen molar-refractivity contribution >= 4 is 17.1 Å². The summed E-state index contributed by atoms with van der Waals surface area (Å²) in [6.07, 6.45) is -0.975. The molecular formula is C9H11N5O3. The first-order valence-corrected chi connectivity index (χ1v) is 4.87. The van der Waals surface area contributed by atoms with E-state index in [1.54, 1.807) is 0 Å². The highest BCUT2D eigenvalue weighted by molar-refractivity contribution is 5.69. The van der Waals surface area contributed by atoms with Crippen LogP contribution in [0.5, 0.6) is 0 Å². The van der Waals surface area contributed by atoms with Gasteiger partial charge < -0.3 is 15.9 Å². The van der Waals surface area contributed by atoms with Gasteiger partial charge in [-0.15, -0.1) is 0 Å². The van der Waals surface area contributed by atoms with E-state index in [4.69, 9.17) is 5.73 Å². The quantitative estimate of drug-likeness (QED) is 0.509. The number of rotatable bonds is 2. The number of nitrogen functional groups attached to an aromatic ring is 1. The molecule has 8 heteroatoms. The molecular weight excluding hydrogens is 226 g/mol. The molecule has 2 heterocycles. The monoisotopic (exact) mass is 237 g/mol. The van der Waals surface area contributed by atoms with Crippen LogP contribution in [-0.2, 0) is 0 Å². The predicted molar refractivity (Wildman–Crippen MR) is 59.0 cm³/mol. The number of aromatic nitrogens is 4. The van der Waals surface area contributed by atoms with Gasteiger partial charge in [-0.3, -0.25) is 9.78 Å². The second-order valence-corrected chi connectivity index (χ2v) is 3.60. The van der Waals surface area contributed by atoms with Gasteiger partial charge in [-0.05, 0) is 6.92 Å². The third-order valence-electron chi connectivity index (χ3n) is 2.21. The van der Waals surface area contributed by atoms with Crippen LogP contribution in [0.4, 0.5) is 5.95 Å². The van der Waals surface area contributed by atoms with Crippen LogP contribution in [0.1, 0.15) is 18.7 Å². The third kappa shape index (κ3) is 2.08. The van der Waals surface area contributed by atoms with Crippen LogP contribution in [0.3, 0.4) is 0 Å². The van der Waals surface area contributed by atoms with Gasteiger partial charge in [-0.2, -0.15) is 4.98 Å². The Kier molecular flexibility index (Phi) is 2.74. The second kappa shape index (κ2) is 4.07. The van der Waals surface area contributed by atoms with E-state index in [0.717, 1.165) is 0 Å². The molecule has 0 aliphatic heterocycles. The van der Waals surface area contributed by atoms with Crippen molar-refractivity contribution in [3.05, 3.63) is 22.2 Å². The normalized spacial score (nSPS) is 14.8. The number of nitrogens with one attached hydrogen (secondary N) is 1. The fourth-order valence-electron chi connectivity index (χ4n) is 1.34. The maximum absolute atomic E-state index is 11.5. The van der Waals surface area contributed by atoms with E-state index in [-0.39, 0.29) is 22.8 Å². The molecule has 0 spiro atoms. The molecule has 2 unspecified atom stereocenters. The molecule has 2 atom stereocenters. The van der Waals surface area contributed by atoms with Crippen molar-refractivity contribution < 1.29 is 10.2 Å². The Morgan fingerprint density at radius 2 is 2.12 bits per heavy atom. The molecule has 0 saturated carbocycles. The van der Waals surface area contributed by atoms with Gasteiger partial charge in [0.25, 0.3) is 5.56 Å². The fourth-order valence-corrected chi connectivity index (χ4v) is 1.34. The summed E-state index contributed by atoms with van der Waals surface area (Å²) in [6, 6.07) is 0. The van der Waals surface area contributed by atoms with Gasteiger partial charge in [0.1, 0.15) is 6.10 Å². The number of aliphatic hydroxyl groups is 2. The second-order valence-electron chi connectivity index (χ2n) is 3.60. The van der Waals surface area contributed by atoms with Crippen LogP contribution in [0, 0.1) is 0 Å². The number of anilines is 1. The summed E-state index contributed by atoms with van der Waals surface area (Å²) in [5.74, 6) is -0.0550. The van der Waals surface area contributed by atoms with E-state index in [0.29, 0.717) is 0 Å². The molecule has 2 rings (SSSR count). The maximum atomic E-state index is 11.5. The van der Waals surface area contributed by atoms with E-state index in [2.05, 4.69) is 19.9 Å². The summed E-state index contributed by atoms with van der Waals surface area (Å²) < 4.78 is 0. The van der Waals surface area contributed by atoms with E-state index >= 15 is 0 Å². The number of fused-ring (bicyclic) bond motifs is 1. The highest BCUT2D eigenvalue weighted by Gasteiger charge is 2.17. The highest BCUT2D eigenvalue weighted by atomic mass is 16.3. The lowest BCUT2D eigenvalue weighted by Crippen LogP contribution is -2.18. The lowest BCUT2D eigenvalue weighted by molar-refractivity contribution is 0.0278. The van der Waals surface area contributed by atoms with Crippen LogP contribution in [-0.4, -0.2) is 36.3 Å². The molecule has 8 nitrogen and oxygen atoms in total. The van der Waals surface area contributed by atoms with Gasteiger partial charge in [0.15, 0.2) is 11.2 Å². The number of aliphatic hydroxyl groups excluding tert-OH is 2. The molecule has 5 N–H and O–H groups in total. The van der Waals surface area contributed by atoms with Crippen molar-refractivity contribution in [1.29, 1.82) is 0 Å². The van der Waals surface area contributed by atoms with Gasteiger partial charge in [0.2, 0.25) is 5.95 Å². The zero-order chi connectivity index (χ0) is 12.6. The Bertz CT molecular complexity index is 609. The summed E-state index contributed by atoms with van der Waals surface area (Å²) in [5, 5.41) is 18.8. The minimum atomic E-state index is -1.20. The lowest BCUT2D eigenvalue weighted by atomic mass is 10.2. The van der Waals surface area contributed by atoms with Crippen LogP contribution in [0.2, 0.25) is 0 Å². The van der Waals surface area contributed by atoms with Crippen molar-refractivity contribution in [1.82, 2.24) is 19.9 Å². The lowest BCUT2D eigenvalue weighted by Gasteiger charge is -2.12. The van der Waals surface area contributed by atoms with Crippen molar-refractivity contribution in [2.24, 2.45) is 0 Å². The van der Waals surface area contributed by atoms with Crippen molar-refractivity contribution in [2.75, 3.05) is 5.73 Å². The summed E-state index contributed by atoms with van der Waals surface area (Å²) in [5.41, 5.74) is 4.97. The van der Waals surface area contributed by atoms with Crippen LogP contribution < -0.4 is 11.3 Å². The first-order valence-electron chi connectivity index (χ1n) is 4.87. The molecule has 2 aromatic heterocycles. The molecule has 2 aromatic rings. The standard InChI is InChI=1S/C9H11N5O3/c1-3(15)6(16)4-2-11-7-5(12-4)8(17)14-9(10)13-7/h2-3,6,15-16H,1H3,(H3,10,11,13,14,17). The molecule has 0 fully saturated rings. The Balaban J connectivity index is 2.62. The Labute approximate surface area is 95.2 Å². The summed E-state index contributed by atoms with van der Waals surface area (Å²) >= 11 is 0. The average Bonchev–Trinajstić information content (AvgIpc) is 2.27. The Hall–Kier alpha value is -2.06. The van der Waals surface area contributed by atoms with Crippen LogP contribution in [0.25, 0.3) is 11.2 Å². The number of aromatic amines is 1. The van der Waals surface area contributed by atoms with Crippen LogP contribution >= 0.6 is 0 Å². The SMILES string of the molecule is CC(O)C(O)c1cnc2nc(N)[nH]c(=O)c2n1. The number of H-pyrrole nitrogens is 1. The molecule has 0 amide bonds. The van der Waals surface area contributed by atoms with E-state index in [1.165, 1.54) is 13.1 Å². The fraction of sp³-hybridized carbons (Fsp3) is 0.333. The molecule has 0 aliphatic rings. The van der Waals surface area contributed by atoms with E-state index < -0.39 is 17.8 Å². The average molecular weight is 237 g/mol. The Morgan fingerprint density at radius 3 is 2.76 bits per heavy atom. The van der Waals surface area contributed by atoms with E-state index in [1.807, 2.05) is 0 Å². The van der Waals surface area contributed by atoms with Gasteiger partial charge in [-0.1, -0.05) is 0 Å². The third-order valence-corrected chi connectivity index (χ3v) is 2.21. The molecule has 17 heavy (non-hydrogen) atoms. The van der Waals surface area contributed by atoms with Gasteiger partial charge in [-0.25, -0.2) is 9.97 Å². The number of hydrogen-bond acceptors (Lipinski definition) is 7. The van der Waals surface area contributed by atoms with Crippen molar-refractivity contribution in [3.63, 3.8) is 0 Å². The minimum Gasteiger partial charge on any atom is -0.390 e. The maximum Gasteiger partial charge on any atom is 0.280 e. The summed E-state index contributed by atoms with van der Waals surface area (Å²) in [4.78, 5) is 25.3. The van der Waals surface area contributed by atoms with Crippen molar-refractivity contribution in [2.45, 2.75) is 19.1 Å². The molecule has 0 aromatic carbocycles. The Morgan fingerprint density at radius 1 is 1.41 bits per heavy atom. The molecule has 0 radical (unpaired) electrons. The zero-order valence-electron chi connectivity index (χ0n) is 8.95. The number of nitrogens with two attached hydrogens (primary N) is 1. The largest absolute Gasteiger partial charge is 0.390 e. The molecule has 0 aliphatic carbocycles. The zero-order valence-corrected chi connectivity index (χ0v) is 8.95. The number of nitrogens with zero attached hydrogens (tertiary/aromatic N) is 3. The molecule has 90 valence electrons. The van der Waals surface area contributed by atoms with Gasteiger partial charge in [0, 0.05) is 0 Å². The minimum absolute atomic E-state index is 0.0311. The summed E-state index contributed by atoms with van der Waals surface area (Å²) in [7, 11) is 0. The first kappa shape index (κ1) is 11.4. The summed E-state index contributed by atoms with van der Waals surface area (Å²) in [6.45, 7) is 1.40. The van der Waals surface area contributed by atoms with Gasteiger partial charge in [0.05, 0.1) is 18.0 Å². The number of hydrogen-bond donors (Lipinski definition) is 4. The topological polar surface area (TPSA) is 138 Å². The van der Waals surface area contributed by atoms with E-state index in [9.17, 15) is 15.0 Å². The highest BCUT2D eigenvalue weighted by Crippen LogP contribution is 2.14. The van der Waals surface area contributed by atoms with Crippen LogP contribution in [0.15, 0.2) is 11.0 Å².